The number of esters is 1. The van der Waals surface area contributed by atoms with Crippen LogP contribution in [0.4, 0.5) is 0 Å². The SMILES string of the molecule is CC(OC(=O)/C=C/c1ccc(Br)o1)C(=O)NCc1ccc2c(c1)OCO2. The van der Waals surface area contributed by atoms with Gasteiger partial charge in [-0.25, -0.2) is 4.79 Å². The molecule has 2 heterocycles. The predicted octanol–water partition coefficient (Wildman–Crippen LogP) is 3.03. The Morgan fingerprint density at radius 3 is 2.85 bits per heavy atom. The molecule has 1 aromatic carbocycles. The molecule has 1 N–H and O–H groups in total. The number of nitrogens with one attached hydrogen (secondary N) is 1. The van der Waals surface area contributed by atoms with Gasteiger partial charge in [-0.3, -0.25) is 4.79 Å². The van der Waals surface area contributed by atoms with E-state index in [1.165, 1.54) is 19.1 Å². The Hall–Kier alpha value is -2.74. The van der Waals surface area contributed by atoms with Crippen LogP contribution in [0.2, 0.25) is 0 Å². The second-order valence-corrected chi connectivity index (χ2v) is 6.24. The molecule has 0 bridgehead atoms. The highest BCUT2D eigenvalue weighted by Crippen LogP contribution is 2.32. The molecular weight excluding hydrogens is 406 g/mol. The fourth-order valence-corrected chi connectivity index (χ4v) is 2.54. The van der Waals surface area contributed by atoms with Crippen LogP contribution in [0.3, 0.4) is 0 Å². The third-order valence-corrected chi connectivity index (χ3v) is 3.97. The van der Waals surface area contributed by atoms with E-state index in [0.29, 0.717) is 21.9 Å². The van der Waals surface area contributed by atoms with Gasteiger partial charge in [-0.2, -0.15) is 0 Å². The molecule has 1 aliphatic rings. The minimum Gasteiger partial charge on any atom is -0.454 e. The second-order valence-electron chi connectivity index (χ2n) is 5.46. The third-order valence-electron chi connectivity index (χ3n) is 3.54. The summed E-state index contributed by atoms with van der Waals surface area (Å²) >= 11 is 3.17. The van der Waals surface area contributed by atoms with Crippen molar-refractivity contribution in [1.29, 1.82) is 0 Å². The van der Waals surface area contributed by atoms with Gasteiger partial charge in [0, 0.05) is 12.6 Å². The van der Waals surface area contributed by atoms with Crippen LogP contribution in [0.15, 0.2) is 45.5 Å². The zero-order valence-electron chi connectivity index (χ0n) is 13.9. The number of carbonyl (C=O) groups is 2. The van der Waals surface area contributed by atoms with Crippen molar-refractivity contribution in [1.82, 2.24) is 5.32 Å². The van der Waals surface area contributed by atoms with Gasteiger partial charge < -0.3 is 23.9 Å². The predicted molar refractivity (Wildman–Crippen MR) is 95.4 cm³/mol. The molecule has 0 saturated heterocycles. The smallest absolute Gasteiger partial charge is 0.331 e. The number of furan rings is 1. The highest BCUT2D eigenvalue weighted by molar-refractivity contribution is 9.10. The van der Waals surface area contributed by atoms with Gasteiger partial charge in [-0.15, -0.1) is 0 Å². The van der Waals surface area contributed by atoms with Crippen molar-refractivity contribution in [3.63, 3.8) is 0 Å². The largest absolute Gasteiger partial charge is 0.454 e. The molecule has 1 unspecified atom stereocenters. The summed E-state index contributed by atoms with van der Waals surface area (Å²) in [5.41, 5.74) is 0.851. The molecule has 0 spiro atoms. The van der Waals surface area contributed by atoms with E-state index in [2.05, 4.69) is 21.2 Å². The summed E-state index contributed by atoms with van der Waals surface area (Å²) in [4.78, 5) is 23.8. The van der Waals surface area contributed by atoms with Crippen molar-refractivity contribution in [2.45, 2.75) is 19.6 Å². The van der Waals surface area contributed by atoms with Crippen LogP contribution in [0.25, 0.3) is 6.08 Å². The zero-order valence-corrected chi connectivity index (χ0v) is 15.4. The average molecular weight is 422 g/mol. The lowest BCUT2D eigenvalue weighted by Crippen LogP contribution is -2.35. The quantitative estimate of drug-likeness (QED) is 0.569. The van der Waals surface area contributed by atoms with Gasteiger partial charge in [-0.05, 0) is 58.8 Å². The van der Waals surface area contributed by atoms with Gasteiger partial charge in [0.15, 0.2) is 22.3 Å². The van der Waals surface area contributed by atoms with E-state index in [9.17, 15) is 9.59 Å². The highest BCUT2D eigenvalue weighted by Gasteiger charge is 2.17. The molecule has 0 saturated carbocycles. The number of ether oxygens (including phenoxy) is 3. The van der Waals surface area contributed by atoms with Gasteiger partial charge in [0.25, 0.3) is 5.91 Å². The Morgan fingerprint density at radius 1 is 1.27 bits per heavy atom. The summed E-state index contributed by atoms with van der Waals surface area (Å²) in [6.07, 6.45) is 1.74. The van der Waals surface area contributed by atoms with Crippen LogP contribution in [-0.2, 0) is 20.9 Å². The maximum atomic E-state index is 12.1. The molecule has 7 nitrogen and oxygen atoms in total. The summed E-state index contributed by atoms with van der Waals surface area (Å²) in [7, 11) is 0. The maximum Gasteiger partial charge on any atom is 0.331 e. The number of fused-ring (bicyclic) bond motifs is 1. The molecule has 0 fully saturated rings. The summed E-state index contributed by atoms with van der Waals surface area (Å²) < 4.78 is 21.4. The van der Waals surface area contributed by atoms with Gasteiger partial charge in [-0.1, -0.05) is 6.07 Å². The number of hydrogen-bond donors (Lipinski definition) is 1. The Labute approximate surface area is 158 Å². The first-order valence-electron chi connectivity index (χ1n) is 7.81. The molecule has 1 aliphatic heterocycles. The van der Waals surface area contributed by atoms with Crippen LogP contribution in [0.5, 0.6) is 11.5 Å². The molecular formula is C18H16BrNO6. The second kappa shape index (κ2) is 8.09. The number of carbonyl (C=O) groups excluding carboxylic acids is 2. The lowest BCUT2D eigenvalue weighted by molar-refractivity contribution is -0.150. The minimum absolute atomic E-state index is 0.195. The first kappa shape index (κ1) is 18.1. The van der Waals surface area contributed by atoms with Gasteiger partial charge in [0.2, 0.25) is 6.79 Å². The normalized spacial score (nSPS) is 13.6. The third kappa shape index (κ3) is 4.66. The summed E-state index contributed by atoms with van der Waals surface area (Å²) in [6, 6.07) is 8.80. The van der Waals surface area contributed by atoms with Gasteiger partial charge in [0.1, 0.15) is 5.76 Å². The zero-order chi connectivity index (χ0) is 18.5. The molecule has 3 rings (SSSR count). The molecule has 2 aromatic rings. The molecule has 1 atom stereocenters. The van der Waals surface area contributed by atoms with E-state index in [0.717, 1.165) is 5.56 Å². The van der Waals surface area contributed by atoms with Crippen LogP contribution in [-0.4, -0.2) is 24.8 Å². The minimum atomic E-state index is -0.926. The fourth-order valence-electron chi connectivity index (χ4n) is 2.22. The first-order chi connectivity index (χ1) is 12.5. The van der Waals surface area contributed by atoms with Crippen molar-refractivity contribution in [3.05, 3.63) is 52.4 Å². The van der Waals surface area contributed by atoms with E-state index < -0.39 is 18.0 Å². The summed E-state index contributed by atoms with van der Waals surface area (Å²) in [6.45, 7) is 1.98. The van der Waals surface area contributed by atoms with E-state index in [1.807, 2.05) is 6.07 Å². The molecule has 1 aromatic heterocycles. The van der Waals surface area contributed by atoms with Crippen molar-refractivity contribution < 1.29 is 28.2 Å². The van der Waals surface area contributed by atoms with Crippen LogP contribution < -0.4 is 14.8 Å². The highest BCUT2D eigenvalue weighted by atomic mass is 79.9. The van der Waals surface area contributed by atoms with E-state index in [-0.39, 0.29) is 13.3 Å². The Kier molecular flexibility index (Phi) is 5.62. The summed E-state index contributed by atoms with van der Waals surface area (Å²) in [5, 5.41) is 2.71. The van der Waals surface area contributed by atoms with Gasteiger partial charge in [0.05, 0.1) is 0 Å². The molecule has 136 valence electrons. The number of amides is 1. The molecule has 26 heavy (non-hydrogen) atoms. The lowest BCUT2D eigenvalue weighted by atomic mass is 10.2. The van der Waals surface area contributed by atoms with E-state index in [4.69, 9.17) is 18.6 Å². The van der Waals surface area contributed by atoms with Crippen LogP contribution in [0, 0.1) is 0 Å². The molecule has 1 amide bonds. The van der Waals surface area contributed by atoms with Gasteiger partial charge >= 0.3 is 5.97 Å². The van der Waals surface area contributed by atoms with Crippen LogP contribution >= 0.6 is 15.9 Å². The van der Waals surface area contributed by atoms with Crippen molar-refractivity contribution in [2.24, 2.45) is 0 Å². The van der Waals surface area contributed by atoms with E-state index in [1.54, 1.807) is 24.3 Å². The molecule has 0 radical (unpaired) electrons. The fraction of sp³-hybridized carbons (Fsp3) is 0.222. The van der Waals surface area contributed by atoms with Crippen molar-refractivity contribution >= 4 is 33.9 Å². The number of hydrogen-bond acceptors (Lipinski definition) is 6. The number of rotatable bonds is 6. The van der Waals surface area contributed by atoms with Crippen molar-refractivity contribution in [3.8, 4) is 11.5 Å². The average Bonchev–Trinajstić information content (AvgIpc) is 3.25. The lowest BCUT2D eigenvalue weighted by Gasteiger charge is -2.12. The first-order valence-corrected chi connectivity index (χ1v) is 8.61. The Morgan fingerprint density at radius 2 is 2.08 bits per heavy atom. The maximum absolute atomic E-state index is 12.1. The Bertz CT molecular complexity index is 844. The van der Waals surface area contributed by atoms with Crippen LogP contribution in [0.1, 0.15) is 18.2 Å². The Balaban J connectivity index is 1.46. The molecule has 0 aliphatic carbocycles. The molecule has 8 heteroatoms. The van der Waals surface area contributed by atoms with E-state index >= 15 is 0 Å². The van der Waals surface area contributed by atoms with Crippen molar-refractivity contribution in [2.75, 3.05) is 6.79 Å². The summed E-state index contributed by atoms with van der Waals surface area (Å²) in [5.74, 6) is 0.783. The number of halogens is 1. The monoisotopic (exact) mass is 421 g/mol. The topological polar surface area (TPSA) is 87.0 Å². The standard InChI is InChI=1S/C18H16BrNO6/c1-11(25-17(21)7-4-13-3-6-16(19)26-13)18(22)20-9-12-2-5-14-15(8-12)24-10-23-14/h2-8,11H,9-10H2,1H3,(H,20,22)/b7-4+. The number of benzene rings is 1.